The first kappa shape index (κ1) is 11.5. The van der Waals surface area contributed by atoms with Gasteiger partial charge >= 0.3 is 6.09 Å². The van der Waals surface area contributed by atoms with Gasteiger partial charge in [-0.05, 0) is 5.56 Å². The average molecular weight is 209 g/mol. The van der Waals surface area contributed by atoms with E-state index in [-0.39, 0.29) is 6.61 Å². The minimum atomic E-state index is -0.420. The molecule has 0 aliphatic rings. The highest BCUT2D eigenvalue weighted by Gasteiger charge is 2.00. The zero-order chi connectivity index (χ0) is 10.9. The largest absolute Gasteiger partial charge is 0.447 e. The minimum absolute atomic E-state index is 0.275. The van der Waals surface area contributed by atoms with Gasteiger partial charge in [0.15, 0.2) is 0 Å². The highest BCUT2D eigenvalue weighted by atomic mass is 16.6. The SMILES string of the molecule is COCCOC(=O)NCc1ccccc1. The van der Waals surface area contributed by atoms with Crippen LogP contribution < -0.4 is 5.32 Å². The van der Waals surface area contributed by atoms with E-state index >= 15 is 0 Å². The van der Waals surface area contributed by atoms with Gasteiger partial charge in [-0.3, -0.25) is 0 Å². The number of rotatable bonds is 5. The molecule has 0 fully saturated rings. The van der Waals surface area contributed by atoms with Crippen molar-refractivity contribution in [2.24, 2.45) is 0 Å². The molecule has 0 atom stereocenters. The van der Waals surface area contributed by atoms with Gasteiger partial charge in [-0.25, -0.2) is 4.79 Å². The van der Waals surface area contributed by atoms with Gasteiger partial charge in [0.05, 0.1) is 6.61 Å². The molecule has 0 aromatic heterocycles. The van der Waals surface area contributed by atoms with Gasteiger partial charge < -0.3 is 14.8 Å². The number of benzene rings is 1. The van der Waals surface area contributed by atoms with Crippen molar-refractivity contribution in [1.29, 1.82) is 0 Å². The first-order valence-corrected chi connectivity index (χ1v) is 4.76. The quantitative estimate of drug-likeness (QED) is 0.748. The maximum atomic E-state index is 11.1. The number of carbonyl (C=O) groups excluding carboxylic acids is 1. The second kappa shape index (κ2) is 6.84. The smallest absolute Gasteiger partial charge is 0.407 e. The molecule has 0 spiro atoms. The van der Waals surface area contributed by atoms with E-state index < -0.39 is 6.09 Å². The molecule has 0 unspecified atom stereocenters. The van der Waals surface area contributed by atoms with Crippen molar-refractivity contribution in [3.8, 4) is 0 Å². The van der Waals surface area contributed by atoms with Crippen LogP contribution in [0.25, 0.3) is 0 Å². The van der Waals surface area contributed by atoms with Gasteiger partial charge in [0.25, 0.3) is 0 Å². The summed E-state index contributed by atoms with van der Waals surface area (Å²) in [6.45, 7) is 1.17. The minimum Gasteiger partial charge on any atom is -0.447 e. The summed E-state index contributed by atoms with van der Waals surface area (Å²) >= 11 is 0. The van der Waals surface area contributed by atoms with Gasteiger partial charge in [-0.1, -0.05) is 30.3 Å². The Morgan fingerprint density at radius 1 is 1.27 bits per heavy atom. The van der Waals surface area contributed by atoms with E-state index in [0.29, 0.717) is 13.2 Å². The predicted octanol–water partition coefficient (Wildman–Crippen LogP) is 1.56. The zero-order valence-electron chi connectivity index (χ0n) is 8.73. The Morgan fingerprint density at radius 3 is 2.67 bits per heavy atom. The Morgan fingerprint density at radius 2 is 2.00 bits per heavy atom. The average Bonchev–Trinajstić information content (AvgIpc) is 2.28. The Bertz CT molecular complexity index is 287. The molecule has 1 aromatic carbocycles. The standard InChI is InChI=1S/C11H15NO3/c1-14-7-8-15-11(13)12-9-10-5-3-2-4-6-10/h2-6H,7-9H2,1H3,(H,12,13). The van der Waals surface area contributed by atoms with Crippen molar-refractivity contribution < 1.29 is 14.3 Å². The zero-order valence-corrected chi connectivity index (χ0v) is 8.73. The molecule has 15 heavy (non-hydrogen) atoms. The van der Waals surface area contributed by atoms with Gasteiger partial charge in [0.1, 0.15) is 6.61 Å². The van der Waals surface area contributed by atoms with E-state index in [1.54, 1.807) is 7.11 Å². The third-order valence-electron chi connectivity index (χ3n) is 1.80. The molecule has 82 valence electrons. The maximum Gasteiger partial charge on any atom is 0.407 e. The normalized spacial score (nSPS) is 9.67. The highest BCUT2D eigenvalue weighted by molar-refractivity contribution is 5.67. The molecule has 0 radical (unpaired) electrons. The third-order valence-corrected chi connectivity index (χ3v) is 1.80. The molecule has 0 aliphatic heterocycles. The van der Waals surface area contributed by atoms with E-state index in [0.717, 1.165) is 5.56 Å². The van der Waals surface area contributed by atoms with E-state index in [2.05, 4.69) is 5.32 Å². The Hall–Kier alpha value is -1.55. The topological polar surface area (TPSA) is 47.6 Å². The highest BCUT2D eigenvalue weighted by Crippen LogP contribution is 1.97. The molecule has 0 aliphatic carbocycles. The molecule has 1 amide bonds. The van der Waals surface area contributed by atoms with Gasteiger partial charge in [0, 0.05) is 13.7 Å². The van der Waals surface area contributed by atoms with Crippen molar-refractivity contribution in [2.45, 2.75) is 6.54 Å². The summed E-state index contributed by atoms with van der Waals surface area (Å²) in [5, 5.41) is 2.64. The van der Waals surface area contributed by atoms with Crippen LogP contribution in [0.4, 0.5) is 4.79 Å². The van der Waals surface area contributed by atoms with E-state index in [1.165, 1.54) is 0 Å². The molecule has 4 heteroatoms. The van der Waals surface area contributed by atoms with E-state index in [4.69, 9.17) is 9.47 Å². The number of amides is 1. The van der Waals surface area contributed by atoms with Crippen molar-refractivity contribution in [3.05, 3.63) is 35.9 Å². The fourth-order valence-electron chi connectivity index (χ4n) is 1.04. The Kier molecular flexibility index (Phi) is 5.25. The van der Waals surface area contributed by atoms with Crippen LogP contribution in [0.5, 0.6) is 0 Å². The van der Waals surface area contributed by atoms with Crippen LogP contribution in [0.3, 0.4) is 0 Å². The van der Waals surface area contributed by atoms with Gasteiger partial charge in [-0.15, -0.1) is 0 Å². The number of alkyl carbamates (subject to hydrolysis) is 1. The number of hydrogen-bond acceptors (Lipinski definition) is 3. The van der Waals surface area contributed by atoms with E-state index in [9.17, 15) is 4.79 Å². The number of nitrogens with one attached hydrogen (secondary N) is 1. The fourth-order valence-corrected chi connectivity index (χ4v) is 1.04. The van der Waals surface area contributed by atoms with Crippen molar-refractivity contribution in [3.63, 3.8) is 0 Å². The summed E-state index contributed by atoms with van der Waals surface area (Å²) in [5.74, 6) is 0. The lowest BCUT2D eigenvalue weighted by atomic mass is 10.2. The summed E-state index contributed by atoms with van der Waals surface area (Å²) in [6, 6.07) is 9.66. The summed E-state index contributed by atoms with van der Waals surface area (Å²) in [7, 11) is 1.56. The fraction of sp³-hybridized carbons (Fsp3) is 0.364. The number of hydrogen-bond donors (Lipinski definition) is 1. The van der Waals surface area contributed by atoms with Crippen LogP contribution in [0.15, 0.2) is 30.3 Å². The molecule has 0 saturated heterocycles. The summed E-state index contributed by atoms with van der Waals surface area (Å²) in [5.41, 5.74) is 1.04. The molecule has 0 heterocycles. The second-order valence-corrected chi connectivity index (χ2v) is 2.97. The Balaban J connectivity index is 2.17. The van der Waals surface area contributed by atoms with E-state index in [1.807, 2.05) is 30.3 Å². The lowest BCUT2D eigenvalue weighted by molar-refractivity contribution is 0.0983. The number of ether oxygens (including phenoxy) is 2. The maximum absolute atomic E-state index is 11.1. The summed E-state index contributed by atoms with van der Waals surface area (Å²) in [6.07, 6.45) is -0.420. The van der Waals surface area contributed by atoms with Crippen LogP contribution >= 0.6 is 0 Å². The molecule has 4 nitrogen and oxygen atoms in total. The van der Waals surface area contributed by atoms with Crippen LogP contribution in [-0.2, 0) is 16.0 Å². The van der Waals surface area contributed by atoms with Crippen LogP contribution in [0.1, 0.15) is 5.56 Å². The molecule has 0 saturated carbocycles. The van der Waals surface area contributed by atoms with Crippen LogP contribution in [0.2, 0.25) is 0 Å². The van der Waals surface area contributed by atoms with Gasteiger partial charge in [-0.2, -0.15) is 0 Å². The molecular weight excluding hydrogens is 194 g/mol. The van der Waals surface area contributed by atoms with Crippen molar-refractivity contribution >= 4 is 6.09 Å². The van der Waals surface area contributed by atoms with Crippen LogP contribution in [-0.4, -0.2) is 26.4 Å². The molecule has 1 rings (SSSR count). The molecular formula is C11H15NO3. The van der Waals surface area contributed by atoms with Gasteiger partial charge in [0.2, 0.25) is 0 Å². The van der Waals surface area contributed by atoms with Crippen molar-refractivity contribution in [2.75, 3.05) is 20.3 Å². The summed E-state index contributed by atoms with van der Waals surface area (Å²) in [4.78, 5) is 11.1. The molecule has 1 N–H and O–H groups in total. The lowest BCUT2D eigenvalue weighted by Gasteiger charge is -2.06. The Labute approximate surface area is 89.2 Å². The first-order chi connectivity index (χ1) is 7.33. The first-order valence-electron chi connectivity index (χ1n) is 4.76. The number of methoxy groups -OCH3 is 1. The lowest BCUT2D eigenvalue weighted by Crippen LogP contribution is -2.25. The molecule has 1 aromatic rings. The second-order valence-electron chi connectivity index (χ2n) is 2.97. The number of carbonyl (C=O) groups is 1. The van der Waals surface area contributed by atoms with Crippen molar-refractivity contribution in [1.82, 2.24) is 5.32 Å². The molecule has 0 bridgehead atoms. The third kappa shape index (κ3) is 5.02. The summed E-state index contributed by atoms with van der Waals surface area (Å²) < 4.78 is 9.58. The monoisotopic (exact) mass is 209 g/mol. The predicted molar refractivity (Wildman–Crippen MR) is 56.5 cm³/mol. The van der Waals surface area contributed by atoms with Crippen LogP contribution in [0, 0.1) is 0 Å².